The van der Waals surface area contributed by atoms with Crippen LogP contribution < -0.4 is 11.1 Å². The van der Waals surface area contributed by atoms with Gasteiger partial charge < -0.3 is 11.1 Å². The molecule has 2 aromatic carbocycles. The molecule has 0 bridgehead atoms. The quantitative estimate of drug-likeness (QED) is 0.800. The number of benzene rings is 2. The van der Waals surface area contributed by atoms with Gasteiger partial charge in [-0.15, -0.1) is 0 Å². The second-order valence-corrected chi connectivity index (χ2v) is 3.68. The Bertz CT molecular complexity index is 527. The van der Waals surface area contributed by atoms with Crippen molar-refractivity contribution in [1.82, 2.24) is 0 Å². The normalized spacial score (nSPS) is 10.2. The van der Waals surface area contributed by atoms with Crippen LogP contribution in [0.15, 0.2) is 42.5 Å². The molecular weight excluding hydrogens is 222 g/mol. The zero-order chi connectivity index (χ0) is 12.3. The smallest absolute Gasteiger partial charge is 0.160 e. The van der Waals surface area contributed by atoms with Crippen molar-refractivity contribution in [2.75, 3.05) is 11.1 Å². The Morgan fingerprint density at radius 1 is 1.00 bits per heavy atom. The van der Waals surface area contributed by atoms with Gasteiger partial charge in [0.1, 0.15) is 0 Å². The fraction of sp³-hybridized carbons (Fsp3) is 0.0769. The van der Waals surface area contributed by atoms with Gasteiger partial charge in [-0.25, -0.2) is 8.78 Å². The summed E-state index contributed by atoms with van der Waals surface area (Å²) in [5.41, 5.74) is 7.87. The predicted octanol–water partition coefficient (Wildman–Crippen LogP) is 3.16. The lowest BCUT2D eigenvalue weighted by molar-refractivity contribution is 0.509. The molecule has 0 aliphatic carbocycles. The van der Waals surface area contributed by atoms with Crippen LogP contribution in [-0.4, -0.2) is 0 Å². The Labute approximate surface area is 98.1 Å². The molecule has 0 fully saturated rings. The minimum Gasteiger partial charge on any atom is -0.398 e. The number of nitrogens with two attached hydrogens (primary N) is 1. The third-order valence-electron chi connectivity index (χ3n) is 2.46. The SMILES string of the molecule is Nc1ccccc1CNc1ccc(F)c(F)c1. The van der Waals surface area contributed by atoms with Gasteiger partial charge in [0.2, 0.25) is 0 Å². The highest BCUT2D eigenvalue weighted by molar-refractivity contribution is 5.50. The van der Waals surface area contributed by atoms with Gasteiger partial charge >= 0.3 is 0 Å². The number of nitrogen functional groups attached to an aromatic ring is 1. The molecule has 0 aromatic heterocycles. The molecule has 0 unspecified atom stereocenters. The first-order valence-corrected chi connectivity index (χ1v) is 5.19. The molecule has 2 rings (SSSR count). The summed E-state index contributed by atoms with van der Waals surface area (Å²) in [6.07, 6.45) is 0. The third-order valence-corrected chi connectivity index (χ3v) is 2.46. The maximum Gasteiger partial charge on any atom is 0.160 e. The Morgan fingerprint density at radius 2 is 1.76 bits per heavy atom. The lowest BCUT2D eigenvalue weighted by Gasteiger charge is -2.08. The first-order chi connectivity index (χ1) is 8.16. The minimum absolute atomic E-state index is 0.470. The van der Waals surface area contributed by atoms with Gasteiger partial charge in [-0.2, -0.15) is 0 Å². The van der Waals surface area contributed by atoms with E-state index in [0.717, 1.165) is 17.7 Å². The maximum atomic E-state index is 12.9. The molecule has 2 aromatic rings. The van der Waals surface area contributed by atoms with Crippen LogP contribution in [0.5, 0.6) is 0 Å². The van der Waals surface area contributed by atoms with Crippen LogP contribution in [0.3, 0.4) is 0 Å². The third kappa shape index (κ3) is 2.72. The van der Waals surface area contributed by atoms with Crippen molar-refractivity contribution in [3.8, 4) is 0 Å². The zero-order valence-corrected chi connectivity index (χ0v) is 9.08. The number of nitrogens with one attached hydrogen (secondary N) is 1. The Balaban J connectivity index is 2.08. The molecule has 4 heteroatoms. The van der Waals surface area contributed by atoms with Gasteiger partial charge in [0.15, 0.2) is 11.6 Å². The van der Waals surface area contributed by atoms with E-state index in [9.17, 15) is 8.78 Å². The first-order valence-electron chi connectivity index (χ1n) is 5.19. The molecule has 0 aliphatic rings. The first kappa shape index (κ1) is 11.4. The van der Waals surface area contributed by atoms with Crippen LogP contribution in [-0.2, 0) is 6.54 Å². The highest BCUT2D eigenvalue weighted by Gasteiger charge is 2.03. The van der Waals surface area contributed by atoms with E-state index in [1.165, 1.54) is 6.07 Å². The second kappa shape index (κ2) is 4.82. The van der Waals surface area contributed by atoms with Crippen molar-refractivity contribution in [2.24, 2.45) is 0 Å². The Morgan fingerprint density at radius 3 is 2.47 bits per heavy atom. The lowest BCUT2D eigenvalue weighted by Crippen LogP contribution is -2.03. The molecule has 2 nitrogen and oxygen atoms in total. The van der Waals surface area contributed by atoms with Gasteiger partial charge in [-0.1, -0.05) is 18.2 Å². The predicted molar refractivity (Wildman–Crippen MR) is 64.5 cm³/mol. The number of rotatable bonds is 3. The number of halogens is 2. The van der Waals surface area contributed by atoms with Crippen molar-refractivity contribution < 1.29 is 8.78 Å². The van der Waals surface area contributed by atoms with Crippen LogP contribution in [0.4, 0.5) is 20.2 Å². The minimum atomic E-state index is -0.865. The average Bonchev–Trinajstić information content (AvgIpc) is 2.32. The van der Waals surface area contributed by atoms with Crippen LogP contribution in [0.1, 0.15) is 5.56 Å². The summed E-state index contributed by atoms with van der Waals surface area (Å²) < 4.78 is 25.6. The molecule has 0 atom stereocenters. The topological polar surface area (TPSA) is 38.0 Å². The van der Waals surface area contributed by atoms with Gasteiger partial charge in [0.05, 0.1) is 0 Å². The van der Waals surface area contributed by atoms with Crippen LogP contribution >= 0.6 is 0 Å². The summed E-state index contributed by atoms with van der Waals surface area (Å²) >= 11 is 0. The molecule has 88 valence electrons. The number of hydrogen-bond acceptors (Lipinski definition) is 2. The van der Waals surface area contributed by atoms with Gasteiger partial charge in [0.25, 0.3) is 0 Å². The van der Waals surface area contributed by atoms with Gasteiger partial charge in [-0.05, 0) is 23.8 Å². The van der Waals surface area contributed by atoms with E-state index in [4.69, 9.17) is 5.73 Å². The summed E-state index contributed by atoms with van der Waals surface area (Å²) in [5.74, 6) is -1.72. The zero-order valence-electron chi connectivity index (χ0n) is 9.08. The fourth-order valence-corrected chi connectivity index (χ4v) is 1.50. The van der Waals surface area contributed by atoms with Crippen LogP contribution in [0.2, 0.25) is 0 Å². The Kier molecular flexibility index (Phi) is 3.23. The van der Waals surface area contributed by atoms with Gasteiger partial charge in [0, 0.05) is 24.0 Å². The molecule has 0 spiro atoms. The molecule has 0 amide bonds. The Hall–Kier alpha value is -2.10. The molecule has 0 saturated heterocycles. The monoisotopic (exact) mass is 234 g/mol. The van der Waals surface area contributed by atoms with E-state index in [1.54, 1.807) is 6.07 Å². The molecule has 0 saturated carbocycles. The summed E-state index contributed by atoms with van der Waals surface area (Å²) in [6.45, 7) is 0.470. The number of hydrogen-bond donors (Lipinski definition) is 2. The van der Waals surface area contributed by atoms with Crippen molar-refractivity contribution in [1.29, 1.82) is 0 Å². The molecule has 0 aliphatic heterocycles. The van der Waals surface area contributed by atoms with E-state index in [0.29, 0.717) is 17.9 Å². The molecule has 3 N–H and O–H groups in total. The summed E-state index contributed by atoms with van der Waals surface area (Å²) in [6, 6.07) is 11.1. The van der Waals surface area contributed by atoms with Gasteiger partial charge in [-0.3, -0.25) is 0 Å². The van der Waals surface area contributed by atoms with E-state index in [1.807, 2.05) is 18.2 Å². The van der Waals surface area contributed by atoms with Crippen molar-refractivity contribution >= 4 is 11.4 Å². The van der Waals surface area contributed by atoms with E-state index in [2.05, 4.69) is 5.32 Å². The van der Waals surface area contributed by atoms with Crippen molar-refractivity contribution in [2.45, 2.75) is 6.54 Å². The molecule has 0 radical (unpaired) electrons. The van der Waals surface area contributed by atoms with E-state index >= 15 is 0 Å². The number of anilines is 2. The summed E-state index contributed by atoms with van der Waals surface area (Å²) in [7, 11) is 0. The van der Waals surface area contributed by atoms with Crippen LogP contribution in [0.25, 0.3) is 0 Å². The largest absolute Gasteiger partial charge is 0.398 e. The summed E-state index contributed by atoms with van der Waals surface area (Å²) in [4.78, 5) is 0. The lowest BCUT2D eigenvalue weighted by atomic mass is 10.2. The fourth-order valence-electron chi connectivity index (χ4n) is 1.50. The second-order valence-electron chi connectivity index (χ2n) is 3.68. The number of para-hydroxylation sites is 1. The van der Waals surface area contributed by atoms with E-state index < -0.39 is 11.6 Å². The van der Waals surface area contributed by atoms with Crippen molar-refractivity contribution in [3.05, 3.63) is 59.7 Å². The van der Waals surface area contributed by atoms with Crippen molar-refractivity contribution in [3.63, 3.8) is 0 Å². The standard InChI is InChI=1S/C13H12F2N2/c14-11-6-5-10(7-12(11)15)17-8-9-3-1-2-4-13(9)16/h1-7,17H,8,16H2. The highest BCUT2D eigenvalue weighted by Crippen LogP contribution is 2.16. The summed E-state index contributed by atoms with van der Waals surface area (Å²) in [5, 5.41) is 2.98. The van der Waals surface area contributed by atoms with Crippen LogP contribution in [0, 0.1) is 11.6 Å². The maximum absolute atomic E-state index is 12.9. The molecule has 17 heavy (non-hydrogen) atoms. The molecular formula is C13H12F2N2. The van der Waals surface area contributed by atoms with E-state index in [-0.39, 0.29) is 0 Å². The average molecular weight is 234 g/mol. The highest BCUT2D eigenvalue weighted by atomic mass is 19.2. The molecule has 0 heterocycles.